The Morgan fingerprint density at radius 3 is 2.48 bits per heavy atom. The molecule has 0 spiro atoms. The summed E-state index contributed by atoms with van der Waals surface area (Å²) in [6.07, 6.45) is 3.79. The van der Waals surface area contributed by atoms with Crippen molar-refractivity contribution in [2.45, 2.75) is 0 Å². The molecule has 2 heterocycles. The largest absolute Gasteiger partial charge is 0.497 e. The highest BCUT2D eigenvalue weighted by atomic mass is 32.2. The van der Waals surface area contributed by atoms with Gasteiger partial charge in [0.05, 0.1) is 17.7 Å². The van der Waals surface area contributed by atoms with E-state index in [9.17, 15) is 9.18 Å². The van der Waals surface area contributed by atoms with E-state index in [0.717, 1.165) is 17.1 Å². The molecule has 0 N–H and O–H groups in total. The highest BCUT2D eigenvalue weighted by Crippen LogP contribution is 2.33. The van der Waals surface area contributed by atoms with Crippen LogP contribution < -0.4 is 4.74 Å². The Balaban J connectivity index is 1.63. The molecule has 0 atom stereocenters. The van der Waals surface area contributed by atoms with Gasteiger partial charge in [0.1, 0.15) is 11.6 Å². The summed E-state index contributed by atoms with van der Waals surface area (Å²) in [7, 11) is 3.31. The van der Waals surface area contributed by atoms with Gasteiger partial charge in [-0.1, -0.05) is 0 Å². The number of carbonyl (C=O) groups excluding carboxylic acids is 1. The molecule has 0 bridgehead atoms. The lowest BCUT2D eigenvalue weighted by Gasteiger charge is -2.08. The van der Waals surface area contributed by atoms with Crippen LogP contribution in [0.15, 0.2) is 76.8 Å². The third-order valence-corrected chi connectivity index (χ3v) is 5.52. The molecule has 1 saturated heterocycles. The summed E-state index contributed by atoms with van der Waals surface area (Å²) in [6, 6.07) is 17.4. The molecule has 1 aliphatic heterocycles. The standard InChI is InChI=1S/C22H18FN3O2S/c1-25-21(27)20(29-22(25)24-16-7-5-15(23)6-8-16)14-18-4-3-13-26(18)17-9-11-19(28-2)12-10-17/h3-14H,1-2H3/b20-14-,24-22?. The molecule has 1 aliphatic rings. The SMILES string of the molecule is COc1ccc(-n2cccc2/C=C2\SC(=Nc3ccc(F)cc3)N(C)C2=O)cc1. The number of halogens is 1. The van der Waals surface area contributed by atoms with Gasteiger partial charge < -0.3 is 9.30 Å². The Morgan fingerprint density at radius 2 is 1.79 bits per heavy atom. The summed E-state index contributed by atoms with van der Waals surface area (Å²) in [4.78, 5) is 19.2. The van der Waals surface area contributed by atoms with E-state index in [1.165, 1.54) is 28.8 Å². The lowest BCUT2D eigenvalue weighted by molar-refractivity contribution is -0.121. The third-order valence-electron chi connectivity index (χ3n) is 4.46. The first kappa shape index (κ1) is 19.0. The van der Waals surface area contributed by atoms with Gasteiger partial charge in [-0.25, -0.2) is 9.38 Å². The summed E-state index contributed by atoms with van der Waals surface area (Å²) < 4.78 is 20.3. The zero-order valence-corrected chi connectivity index (χ0v) is 16.7. The Kier molecular flexibility index (Phi) is 5.22. The van der Waals surface area contributed by atoms with Crippen molar-refractivity contribution in [3.63, 3.8) is 0 Å². The van der Waals surface area contributed by atoms with Gasteiger partial charge in [-0.05, 0) is 78.5 Å². The van der Waals surface area contributed by atoms with Crippen molar-refractivity contribution < 1.29 is 13.9 Å². The van der Waals surface area contributed by atoms with E-state index < -0.39 is 0 Å². The van der Waals surface area contributed by atoms with Gasteiger partial charge in [0.2, 0.25) is 0 Å². The highest BCUT2D eigenvalue weighted by molar-refractivity contribution is 8.18. The number of aromatic nitrogens is 1. The first-order valence-corrected chi connectivity index (χ1v) is 9.70. The number of amidine groups is 1. The predicted octanol–water partition coefficient (Wildman–Crippen LogP) is 4.86. The molecule has 1 fully saturated rings. The lowest BCUT2D eigenvalue weighted by atomic mass is 10.3. The van der Waals surface area contributed by atoms with Crippen LogP contribution in [0.1, 0.15) is 5.69 Å². The topological polar surface area (TPSA) is 46.8 Å². The van der Waals surface area contributed by atoms with E-state index in [4.69, 9.17) is 4.74 Å². The summed E-state index contributed by atoms with van der Waals surface area (Å²) >= 11 is 1.29. The number of likely N-dealkylation sites (N-methyl/N-ethyl adjacent to an activating group) is 1. The summed E-state index contributed by atoms with van der Waals surface area (Å²) in [5, 5.41) is 0.551. The fourth-order valence-electron chi connectivity index (χ4n) is 2.90. The number of hydrogen-bond donors (Lipinski definition) is 0. The molecule has 3 aromatic rings. The fourth-order valence-corrected chi connectivity index (χ4v) is 3.87. The molecular formula is C22H18FN3O2S. The van der Waals surface area contributed by atoms with E-state index in [-0.39, 0.29) is 11.7 Å². The van der Waals surface area contributed by atoms with Gasteiger partial charge in [-0.15, -0.1) is 0 Å². The number of methoxy groups -OCH3 is 1. The second-order valence-electron chi connectivity index (χ2n) is 6.35. The Labute approximate surface area is 172 Å². The number of hydrogen-bond acceptors (Lipinski definition) is 4. The van der Waals surface area contributed by atoms with Gasteiger partial charge in [0, 0.05) is 24.6 Å². The van der Waals surface area contributed by atoms with E-state index in [2.05, 4.69) is 4.99 Å². The minimum absolute atomic E-state index is 0.127. The molecule has 0 radical (unpaired) electrons. The molecular weight excluding hydrogens is 389 g/mol. The lowest BCUT2D eigenvalue weighted by Crippen LogP contribution is -2.23. The summed E-state index contributed by atoms with van der Waals surface area (Å²) in [5.74, 6) is 0.335. The quantitative estimate of drug-likeness (QED) is 0.581. The average molecular weight is 407 g/mol. The molecule has 5 nitrogen and oxygen atoms in total. The monoisotopic (exact) mass is 407 g/mol. The van der Waals surface area contributed by atoms with E-state index in [0.29, 0.717) is 15.8 Å². The molecule has 1 aromatic heterocycles. The Bertz CT molecular complexity index is 1100. The number of ether oxygens (including phenoxy) is 1. The number of rotatable bonds is 4. The van der Waals surface area contributed by atoms with Crippen molar-refractivity contribution in [3.05, 3.63) is 83.3 Å². The van der Waals surface area contributed by atoms with Gasteiger partial charge in [-0.2, -0.15) is 0 Å². The number of benzene rings is 2. The van der Waals surface area contributed by atoms with Crippen molar-refractivity contribution in [2.24, 2.45) is 4.99 Å². The average Bonchev–Trinajstić information content (AvgIpc) is 3.30. The summed E-state index contributed by atoms with van der Waals surface area (Å²) in [6.45, 7) is 0. The molecule has 2 aromatic carbocycles. The van der Waals surface area contributed by atoms with Crippen LogP contribution in [0.5, 0.6) is 5.75 Å². The number of amides is 1. The maximum atomic E-state index is 13.1. The molecule has 4 rings (SSSR count). The maximum Gasteiger partial charge on any atom is 0.266 e. The van der Waals surface area contributed by atoms with Crippen molar-refractivity contribution in [1.29, 1.82) is 0 Å². The van der Waals surface area contributed by atoms with Crippen LogP contribution in [0.4, 0.5) is 10.1 Å². The molecule has 146 valence electrons. The van der Waals surface area contributed by atoms with E-state index in [1.54, 1.807) is 26.3 Å². The zero-order valence-electron chi connectivity index (χ0n) is 15.9. The number of carbonyl (C=O) groups is 1. The zero-order chi connectivity index (χ0) is 20.4. The van der Waals surface area contributed by atoms with Crippen molar-refractivity contribution in [1.82, 2.24) is 9.47 Å². The molecule has 0 saturated carbocycles. The second-order valence-corrected chi connectivity index (χ2v) is 7.36. The maximum absolute atomic E-state index is 13.1. The Hall–Kier alpha value is -3.32. The van der Waals surface area contributed by atoms with Crippen LogP contribution in [-0.4, -0.2) is 34.7 Å². The first-order chi connectivity index (χ1) is 14.0. The number of nitrogens with zero attached hydrogens (tertiary/aromatic N) is 3. The van der Waals surface area contributed by atoms with Gasteiger partial charge in [0.15, 0.2) is 5.17 Å². The van der Waals surface area contributed by atoms with Crippen LogP contribution in [0.3, 0.4) is 0 Å². The summed E-state index contributed by atoms with van der Waals surface area (Å²) in [5.41, 5.74) is 2.44. The van der Waals surface area contributed by atoms with Crippen molar-refractivity contribution in [3.8, 4) is 11.4 Å². The van der Waals surface area contributed by atoms with Crippen molar-refractivity contribution in [2.75, 3.05) is 14.2 Å². The third kappa shape index (κ3) is 3.95. The van der Waals surface area contributed by atoms with Crippen LogP contribution in [0, 0.1) is 5.82 Å². The molecule has 0 aliphatic carbocycles. The number of thioether (sulfide) groups is 1. The van der Waals surface area contributed by atoms with Gasteiger partial charge >= 0.3 is 0 Å². The normalized spacial score (nSPS) is 16.8. The molecule has 1 amide bonds. The number of aliphatic imine (C=N–C) groups is 1. The second kappa shape index (κ2) is 7.97. The highest BCUT2D eigenvalue weighted by Gasteiger charge is 2.30. The Morgan fingerprint density at radius 1 is 1.07 bits per heavy atom. The fraction of sp³-hybridized carbons (Fsp3) is 0.0909. The van der Waals surface area contributed by atoms with Crippen LogP contribution >= 0.6 is 11.8 Å². The van der Waals surface area contributed by atoms with Crippen LogP contribution in [-0.2, 0) is 4.79 Å². The van der Waals surface area contributed by atoms with Crippen LogP contribution in [0.25, 0.3) is 11.8 Å². The minimum atomic E-state index is -0.322. The smallest absolute Gasteiger partial charge is 0.266 e. The van der Waals surface area contributed by atoms with E-state index >= 15 is 0 Å². The molecule has 7 heteroatoms. The van der Waals surface area contributed by atoms with Crippen LogP contribution in [0.2, 0.25) is 0 Å². The van der Waals surface area contributed by atoms with Crippen molar-refractivity contribution >= 4 is 34.6 Å². The predicted molar refractivity (Wildman–Crippen MR) is 114 cm³/mol. The van der Waals surface area contributed by atoms with E-state index in [1.807, 2.05) is 53.2 Å². The molecule has 29 heavy (non-hydrogen) atoms. The molecule has 0 unspecified atom stereocenters. The first-order valence-electron chi connectivity index (χ1n) is 8.89. The minimum Gasteiger partial charge on any atom is -0.497 e. The van der Waals surface area contributed by atoms with Gasteiger partial charge in [0.25, 0.3) is 5.91 Å². The van der Waals surface area contributed by atoms with Gasteiger partial charge in [-0.3, -0.25) is 9.69 Å².